The van der Waals surface area contributed by atoms with Gasteiger partial charge < -0.3 is 15.4 Å². The molecule has 1 fully saturated rings. The SMILES string of the molecule is CCOC(=O)c1cccc(N)c1N1CCS(=O)(=O)CC1. The number of rotatable bonds is 3. The normalized spacial score (nSPS) is 17.8. The number of nitrogens with two attached hydrogens (primary N) is 1. The van der Waals surface area contributed by atoms with Crippen molar-refractivity contribution in [2.24, 2.45) is 0 Å². The van der Waals surface area contributed by atoms with Crippen molar-refractivity contribution in [2.75, 3.05) is 41.8 Å². The molecule has 1 aromatic rings. The zero-order valence-electron chi connectivity index (χ0n) is 11.3. The molecule has 1 aliphatic heterocycles. The van der Waals surface area contributed by atoms with Gasteiger partial charge >= 0.3 is 5.97 Å². The molecule has 0 unspecified atom stereocenters. The number of benzene rings is 1. The lowest BCUT2D eigenvalue weighted by Gasteiger charge is -2.31. The van der Waals surface area contributed by atoms with Gasteiger partial charge in [0.05, 0.1) is 35.1 Å². The lowest BCUT2D eigenvalue weighted by atomic mass is 10.1. The molecule has 0 bridgehead atoms. The highest BCUT2D eigenvalue weighted by Gasteiger charge is 2.26. The summed E-state index contributed by atoms with van der Waals surface area (Å²) in [6.07, 6.45) is 0. The largest absolute Gasteiger partial charge is 0.462 e. The van der Waals surface area contributed by atoms with E-state index >= 15 is 0 Å². The molecule has 1 heterocycles. The number of hydrogen-bond donors (Lipinski definition) is 1. The third-order valence-electron chi connectivity index (χ3n) is 3.22. The Hall–Kier alpha value is -1.76. The molecule has 2 N–H and O–H groups in total. The van der Waals surface area contributed by atoms with Crippen LogP contribution in [0.15, 0.2) is 18.2 Å². The summed E-state index contributed by atoms with van der Waals surface area (Å²) in [7, 11) is -2.98. The van der Waals surface area contributed by atoms with Crippen molar-refractivity contribution in [3.05, 3.63) is 23.8 Å². The Kier molecular flexibility index (Phi) is 4.17. The van der Waals surface area contributed by atoms with E-state index < -0.39 is 15.8 Å². The minimum atomic E-state index is -2.98. The van der Waals surface area contributed by atoms with E-state index in [9.17, 15) is 13.2 Å². The summed E-state index contributed by atoms with van der Waals surface area (Å²) in [5.74, 6) is -0.295. The predicted octanol–water partition coefficient (Wildman–Crippen LogP) is 0.680. The van der Waals surface area contributed by atoms with E-state index in [2.05, 4.69) is 0 Å². The molecular weight excluding hydrogens is 280 g/mol. The maximum atomic E-state index is 12.0. The van der Waals surface area contributed by atoms with Crippen LogP contribution in [-0.2, 0) is 14.6 Å². The van der Waals surface area contributed by atoms with Crippen LogP contribution in [0.4, 0.5) is 11.4 Å². The van der Waals surface area contributed by atoms with Gasteiger partial charge in [-0.25, -0.2) is 13.2 Å². The monoisotopic (exact) mass is 298 g/mol. The average molecular weight is 298 g/mol. The van der Waals surface area contributed by atoms with Crippen LogP contribution >= 0.6 is 0 Å². The molecule has 0 spiro atoms. The van der Waals surface area contributed by atoms with Crippen molar-refractivity contribution in [3.8, 4) is 0 Å². The molecule has 2 rings (SSSR count). The Bertz CT molecular complexity index is 599. The first-order valence-corrected chi connectivity index (χ1v) is 8.27. The molecule has 1 saturated heterocycles. The van der Waals surface area contributed by atoms with E-state index in [1.807, 2.05) is 4.90 Å². The third-order valence-corrected chi connectivity index (χ3v) is 4.83. The smallest absolute Gasteiger partial charge is 0.340 e. The maximum Gasteiger partial charge on any atom is 0.340 e. The lowest BCUT2D eigenvalue weighted by molar-refractivity contribution is 0.0527. The molecule has 20 heavy (non-hydrogen) atoms. The number of esters is 1. The molecule has 6 nitrogen and oxygen atoms in total. The van der Waals surface area contributed by atoms with Crippen molar-refractivity contribution in [3.63, 3.8) is 0 Å². The van der Waals surface area contributed by atoms with Crippen molar-refractivity contribution in [2.45, 2.75) is 6.92 Å². The van der Waals surface area contributed by atoms with E-state index in [1.165, 1.54) is 0 Å². The van der Waals surface area contributed by atoms with Crippen molar-refractivity contribution in [1.82, 2.24) is 0 Å². The predicted molar refractivity (Wildman–Crippen MR) is 77.7 cm³/mol. The molecule has 0 aliphatic carbocycles. The standard InChI is InChI=1S/C13H18N2O4S/c1-2-19-13(16)10-4-3-5-11(14)12(10)15-6-8-20(17,18)9-7-15/h3-5H,2,6-9,14H2,1H3. The number of carbonyl (C=O) groups is 1. The average Bonchev–Trinajstić information content (AvgIpc) is 2.39. The first-order chi connectivity index (χ1) is 9.44. The van der Waals surface area contributed by atoms with E-state index in [4.69, 9.17) is 10.5 Å². The van der Waals surface area contributed by atoms with Crippen LogP contribution < -0.4 is 10.6 Å². The molecule has 7 heteroatoms. The van der Waals surface area contributed by atoms with E-state index in [1.54, 1.807) is 25.1 Å². The van der Waals surface area contributed by atoms with Crippen molar-refractivity contribution >= 4 is 27.2 Å². The van der Waals surface area contributed by atoms with Crippen molar-refractivity contribution in [1.29, 1.82) is 0 Å². The highest BCUT2D eigenvalue weighted by molar-refractivity contribution is 7.91. The van der Waals surface area contributed by atoms with Gasteiger partial charge in [-0.2, -0.15) is 0 Å². The summed E-state index contributed by atoms with van der Waals surface area (Å²) < 4.78 is 28.0. The maximum absolute atomic E-state index is 12.0. The summed E-state index contributed by atoms with van der Waals surface area (Å²) >= 11 is 0. The second-order valence-corrected chi connectivity index (χ2v) is 6.91. The quantitative estimate of drug-likeness (QED) is 0.652. The van der Waals surface area contributed by atoms with Crippen LogP contribution in [-0.4, -0.2) is 45.6 Å². The van der Waals surface area contributed by atoms with Crippen LogP contribution in [0, 0.1) is 0 Å². The van der Waals surface area contributed by atoms with Gasteiger partial charge in [-0.15, -0.1) is 0 Å². The van der Waals surface area contributed by atoms with Crippen LogP contribution in [0.25, 0.3) is 0 Å². The molecule has 0 aromatic heterocycles. The second kappa shape index (κ2) is 5.70. The van der Waals surface area contributed by atoms with Crippen LogP contribution in [0.3, 0.4) is 0 Å². The fourth-order valence-corrected chi connectivity index (χ4v) is 3.43. The first-order valence-electron chi connectivity index (χ1n) is 6.45. The Balaban J connectivity index is 2.33. The zero-order valence-corrected chi connectivity index (χ0v) is 12.1. The lowest BCUT2D eigenvalue weighted by Crippen LogP contribution is -2.41. The number of carbonyl (C=O) groups excluding carboxylic acids is 1. The number of hydrogen-bond acceptors (Lipinski definition) is 6. The van der Waals surface area contributed by atoms with Gasteiger partial charge in [-0.1, -0.05) is 6.07 Å². The Morgan fingerprint density at radius 2 is 2.00 bits per heavy atom. The minimum Gasteiger partial charge on any atom is -0.462 e. The molecule has 0 atom stereocenters. The topological polar surface area (TPSA) is 89.7 Å². The van der Waals surface area contributed by atoms with Gasteiger partial charge in [-0.3, -0.25) is 0 Å². The number of anilines is 2. The highest BCUT2D eigenvalue weighted by atomic mass is 32.2. The van der Waals surface area contributed by atoms with Gasteiger partial charge in [0, 0.05) is 13.1 Å². The zero-order chi connectivity index (χ0) is 14.8. The second-order valence-electron chi connectivity index (χ2n) is 4.60. The van der Waals surface area contributed by atoms with Gasteiger partial charge in [0.2, 0.25) is 0 Å². The van der Waals surface area contributed by atoms with Crippen molar-refractivity contribution < 1.29 is 17.9 Å². The molecule has 1 aromatic carbocycles. The Morgan fingerprint density at radius 1 is 1.35 bits per heavy atom. The third kappa shape index (κ3) is 3.04. The summed E-state index contributed by atoms with van der Waals surface area (Å²) in [5, 5.41) is 0. The number of nitrogen functional groups attached to an aromatic ring is 1. The fraction of sp³-hybridized carbons (Fsp3) is 0.462. The summed E-state index contributed by atoms with van der Waals surface area (Å²) in [5.41, 5.74) is 7.36. The molecule has 0 radical (unpaired) electrons. The number of para-hydroxylation sites is 1. The van der Waals surface area contributed by atoms with Gasteiger partial charge in [0.1, 0.15) is 0 Å². The van der Waals surface area contributed by atoms with Gasteiger partial charge in [0.15, 0.2) is 9.84 Å². The molecule has 1 aliphatic rings. The summed E-state index contributed by atoms with van der Waals surface area (Å²) in [4.78, 5) is 13.8. The van der Waals surface area contributed by atoms with Crippen LogP contribution in [0.1, 0.15) is 17.3 Å². The Morgan fingerprint density at radius 3 is 2.60 bits per heavy atom. The van der Waals surface area contributed by atoms with Gasteiger partial charge in [-0.05, 0) is 19.1 Å². The number of nitrogens with zero attached hydrogens (tertiary/aromatic N) is 1. The van der Waals surface area contributed by atoms with Crippen LogP contribution in [0.5, 0.6) is 0 Å². The van der Waals surface area contributed by atoms with E-state index in [0.717, 1.165) is 0 Å². The molecule has 110 valence electrons. The fourth-order valence-electron chi connectivity index (χ4n) is 2.22. The Labute approximate surface area is 118 Å². The number of sulfone groups is 1. The first kappa shape index (κ1) is 14.6. The molecule has 0 saturated carbocycles. The molecular formula is C13H18N2O4S. The van der Waals surface area contributed by atoms with Crippen LogP contribution in [0.2, 0.25) is 0 Å². The molecule has 0 amide bonds. The van der Waals surface area contributed by atoms with Gasteiger partial charge in [0.25, 0.3) is 0 Å². The summed E-state index contributed by atoms with van der Waals surface area (Å²) in [6, 6.07) is 5.03. The minimum absolute atomic E-state index is 0.0730. The highest BCUT2D eigenvalue weighted by Crippen LogP contribution is 2.29. The van der Waals surface area contributed by atoms with E-state index in [-0.39, 0.29) is 18.1 Å². The number of ether oxygens (including phenoxy) is 1. The van der Waals surface area contributed by atoms with E-state index in [0.29, 0.717) is 30.0 Å². The summed E-state index contributed by atoms with van der Waals surface area (Å²) in [6.45, 7) is 2.69.